The Kier molecular flexibility index (Phi) is 8.51. The molecule has 0 amide bonds. The monoisotopic (exact) mass is 626 g/mol. The van der Waals surface area contributed by atoms with E-state index in [0.717, 1.165) is 24.3 Å². The van der Waals surface area contributed by atoms with Crippen LogP contribution in [-0.2, 0) is 9.47 Å². The number of aliphatic hydroxyl groups is 7. The van der Waals surface area contributed by atoms with Crippen molar-refractivity contribution in [1.82, 2.24) is 0 Å². The number of phenolic OH excluding ortho intramolecular Hbond substituents is 4. The van der Waals surface area contributed by atoms with Gasteiger partial charge in [-0.05, 0) is 19.1 Å². The minimum atomic E-state index is -1.91. The lowest BCUT2D eigenvalue weighted by Gasteiger charge is -2.39. The topological polar surface area (TPSA) is 290 Å². The molecule has 240 valence electrons. The molecule has 17 heteroatoms. The lowest BCUT2D eigenvalue weighted by atomic mass is 9.99. The Morgan fingerprint density at radius 1 is 0.750 bits per heavy atom. The second-order valence-electron chi connectivity index (χ2n) is 10.4. The minimum Gasteiger partial charge on any atom is -0.508 e. The first kappa shape index (κ1) is 31.5. The van der Waals surface area contributed by atoms with Gasteiger partial charge in [-0.1, -0.05) is 0 Å². The number of hydrogen-bond donors (Lipinski definition) is 11. The zero-order valence-corrected chi connectivity index (χ0v) is 22.7. The maximum absolute atomic E-state index is 13.6. The predicted octanol–water partition coefficient (Wildman–Crippen LogP) is -2.33. The van der Waals surface area contributed by atoms with E-state index >= 15 is 0 Å². The van der Waals surface area contributed by atoms with Crippen LogP contribution in [0.2, 0.25) is 0 Å². The Morgan fingerprint density at radius 3 is 2.05 bits per heavy atom. The molecule has 10 unspecified atom stereocenters. The molecule has 10 atom stereocenters. The molecule has 0 spiro atoms. The van der Waals surface area contributed by atoms with Gasteiger partial charge in [-0.15, -0.1) is 0 Å². The normalized spacial score (nSPS) is 32.5. The number of ether oxygens (including phenoxy) is 4. The van der Waals surface area contributed by atoms with Gasteiger partial charge >= 0.3 is 0 Å². The number of rotatable bonds is 6. The zero-order valence-electron chi connectivity index (χ0n) is 22.7. The molecule has 3 heterocycles. The predicted molar refractivity (Wildman–Crippen MR) is 142 cm³/mol. The van der Waals surface area contributed by atoms with E-state index in [1.54, 1.807) is 0 Å². The van der Waals surface area contributed by atoms with Crippen LogP contribution >= 0.6 is 0 Å². The first-order valence-electron chi connectivity index (χ1n) is 13.2. The summed E-state index contributed by atoms with van der Waals surface area (Å²) in [5.41, 5.74) is -1.74. The SMILES string of the molecule is CC1OC(Oc2c(-c3cc(O)c(O)c(OC4OC(CO)C(O)C(O)C4O)c3)oc3cc(O)cc(O)c3c2=O)C(O)C(O)C1O. The van der Waals surface area contributed by atoms with E-state index in [2.05, 4.69) is 0 Å². The van der Waals surface area contributed by atoms with Crippen LogP contribution in [0, 0.1) is 0 Å². The molecule has 5 rings (SSSR count). The summed E-state index contributed by atoms with van der Waals surface area (Å²) >= 11 is 0. The molecular formula is C27H30O17. The smallest absolute Gasteiger partial charge is 0.239 e. The van der Waals surface area contributed by atoms with Crippen molar-refractivity contribution >= 4 is 11.0 Å². The molecule has 2 saturated heterocycles. The first-order valence-corrected chi connectivity index (χ1v) is 13.2. The van der Waals surface area contributed by atoms with Crippen molar-refractivity contribution in [3.05, 3.63) is 34.5 Å². The van der Waals surface area contributed by atoms with E-state index in [1.165, 1.54) is 6.92 Å². The average molecular weight is 627 g/mol. The van der Waals surface area contributed by atoms with E-state index in [-0.39, 0.29) is 11.1 Å². The number of fused-ring (bicyclic) bond motifs is 1. The third kappa shape index (κ3) is 5.45. The fraction of sp³-hybridized carbons (Fsp3) is 0.444. The van der Waals surface area contributed by atoms with Crippen LogP contribution in [0.25, 0.3) is 22.3 Å². The minimum absolute atomic E-state index is 0.282. The van der Waals surface area contributed by atoms with Crippen molar-refractivity contribution < 1.29 is 79.5 Å². The van der Waals surface area contributed by atoms with Gasteiger partial charge < -0.3 is 79.5 Å². The molecule has 0 aliphatic carbocycles. The zero-order chi connectivity index (χ0) is 32.2. The van der Waals surface area contributed by atoms with Gasteiger partial charge in [-0.2, -0.15) is 0 Å². The molecule has 0 bridgehead atoms. The lowest BCUT2D eigenvalue weighted by molar-refractivity contribution is -0.277. The maximum Gasteiger partial charge on any atom is 0.239 e. The summed E-state index contributed by atoms with van der Waals surface area (Å²) in [4.78, 5) is 13.6. The van der Waals surface area contributed by atoms with Crippen LogP contribution < -0.4 is 14.9 Å². The van der Waals surface area contributed by atoms with Gasteiger partial charge in [0.05, 0.1) is 12.7 Å². The highest BCUT2D eigenvalue weighted by Crippen LogP contribution is 2.44. The maximum atomic E-state index is 13.6. The van der Waals surface area contributed by atoms with Crippen molar-refractivity contribution in [3.8, 4) is 45.8 Å². The first-order chi connectivity index (χ1) is 20.7. The third-order valence-corrected chi connectivity index (χ3v) is 7.37. The molecule has 0 saturated carbocycles. The second kappa shape index (κ2) is 11.9. The summed E-state index contributed by atoms with van der Waals surface area (Å²) in [5.74, 6) is -4.96. The quantitative estimate of drug-likeness (QED) is 0.128. The van der Waals surface area contributed by atoms with E-state index in [1.807, 2.05) is 0 Å². The number of benzene rings is 2. The molecule has 2 aliphatic heterocycles. The van der Waals surface area contributed by atoms with E-state index in [0.29, 0.717) is 0 Å². The Hall–Kier alpha value is -3.91. The molecule has 44 heavy (non-hydrogen) atoms. The molecule has 17 nitrogen and oxygen atoms in total. The van der Waals surface area contributed by atoms with Gasteiger partial charge in [-0.25, -0.2) is 0 Å². The van der Waals surface area contributed by atoms with Crippen molar-refractivity contribution in [3.63, 3.8) is 0 Å². The van der Waals surface area contributed by atoms with Gasteiger partial charge in [0.15, 0.2) is 17.3 Å². The Morgan fingerprint density at radius 2 is 1.39 bits per heavy atom. The Bertz CT molecular complexity index is 1590. The second-order valence-corrected chi connectivity index (χ2v) is 10.4. The Labute approximate surface area is 246 Å². The summed E-state index contributed by atoms with van der Waals surface area (Å²) in [6, 6.07) is 3.67. The average Bonchev–Trinajstić information content (AvgIpc) is 2.97. The van der Waals surface area contributed by atoms with Gasteiger partial charge in [0.2, 0.25) is 29.5 Å². The molecule has 11 N–H and O–H groups in total. The summed E-state index contributed by atoms with van der Waals surface area (Å²) in [5, 5.41) is 112. The standard InChI is InChI=1S/C27H30O17/c1-7-16(32)20(36)22(38)26(40-7)44-25-19(35)15-10(30)4-9(29)5-12(15)41-24(25)8-2-11(31)17(33)13(3-8)42-27-23(39)21(37)18(34)14(6-28)43-27/h2-5,7,14,16,18,20-23,26-34,36-39H,6H2,1H3. The molecule has 2 aromatic carbocycles. The van der Waals surface area contributed by atoms with E-state index < -0.39 is 119 Å². The van der Waals surface area contributed by atoms with E-state index in [9.17, 15) is 61.0 Å². The van der Waals surface area contributed by atoms with E-state index in [4.69, 9.17) is 23.4 Å². The van der Waals surface area contributed by atoms with Crippen molar-refractivity contribution in [2.75, 3.05) is 6.61 Å². The van der Waals surface area contributed by atoms with Crippen LogP contribution in [0.3, 0.4) is 0 Å². The molecule has 2 aliphatic rings. The fourth-order valence-electron chi connectivity index (χ4n) is 4.90. The van der Waals surface area contributed by atoms with Gasteiger partial charge in [0.25, 0.3) is 0 Å². The highest BCUT2D eigenvalue weighted by Gasteiger charge is 2.46. The van der Waals surface area contributed by atoms with Crippen molar-refractivity contribution in [2.24, 2.45) is 0 Å². The number of hydrogen-bond acceptors (Lipinski definition) is 17. The van der Waals surface area contributed by atoms with Crippen molar-refractivity contribution in [2.45, 2.75) is 68.3 Å². The van der Waals surface area contributed by atoms with Crippen LogP contribution in [-0.4, -0.2) is 124 Å². The number of aromatic hydroxyl groups is 4. The highest BCUT2D eigenvalue weighted by atomic mass is 16.7. The molecule has 0 radical (unpaired) electrons. The van der Waals surface area contributed by atoms with Gasteiger partial charge in [0.1, 0.15) is 65.2 Å². The molecule has 3 aromatic rings. The summed E-state index contributed by atoms with van der Waals surface area (Å²) in [7, 11) is 0. The van der Waals surface area contributed by atoms with Crippen LogP contribution in [0.4, 0.5) is 0 Å². The Balaban J connectivity index is 1.63. The molecular weight excluding hydrogens is 596 g/mol. The summed E-state index contributed by atoms with van der Waals surface area (Å²) < 4.78 is 27.6. The number of aliphatic hydroxyl groups excluding tert-OH is 7. The van der Waals surface area contributed by atoms with Crippen LogP contribution in [0.15, 0.2) is 33.5 Å². The van der Waals surface area contributed by atoms with Crippen LogP contribution in [0.1, 0.15) is 6.92 Å². The molecule has 1 aromatic heterocycles. The molecule has 2 fully saturated rings. The van der Waals surface area contributed by atoms with Crippen molar-refractivity contribution in [1.29, 1.82) is 0 Å². The van der Waals surface area contributed by atoms with Crippen LogP contribution in [0.5, 0.6) is 34.5 Å². The lowest BCUT2D eigenvalue weighted by Crippen LogP contribution is -2.60. The van der Waals surface area contributed by atoms with Gasteiger partial charge in [-0.3, -0.25) is 4.79 Å². The third-order valence-electron chi connectivity index (χ3n) is 7.37. The largest absolute Gasteiger partial charge is 0.508 e. The number of phenols is 4. The summed E-state index contributed by atoms with van der Waals surface area (Å²) in [6.07, 6.45) is -16.7. The van der Waals surface area contributed by atoms with Gasteiger partial charge in [0, 0.05) is 17.7 Å². The summed E-state index contributed by atoms with van der Waals surface area (Å²) in [6.45, 7) is 0.569. The fourth-order valence-corrected chi connectivity index (χ4v) is 4.90. The highest BCUT2D eigenvalue weighted by molar-refractivity contribution is 5.88.